The predicted octanol–water partition coefficient (Wildman–Crippen LogP) is 5.14. The highest BCUT2D eigenvalue weighted by Gasteiger charge is 2.45. The normalized spacial score (nSPS) is 12.0. The van der Waals surface area contributed by atoms with E-state index < -0.39 is 41.3 Å². The van der Waals surface area contributed by atoms with Crippen LogP contribution in [-0.2, 0) is 17.1 Å². The summed E-state index contributed by atoms with van der Waals surface area (Å²) in [6, 6.07) is 4.88. The number of alkyl halides is 6. The Bertz CT molecular complexity index is 837. The summed E-state index contributed by atoms with van der Waals surface area (Å²) < 4.78 is 88.0. The lowest BCUT2D eigenvalue weighted by molar-refractivity contribution is -0.153. The molecule has 0 spiro atoms. The standard InChI is InChI=1S/C15H9ClF6N2O3/c1-2-26-12(25)9-10(14(17,18)19)23-13(15(20,21)22)24-11(9)27-8-5-3-7(16)4-6-8/h3-6H,2H2,1H3. The molecule has 0 unspecified atom stereocenters. The summed E-state index contributed by atoms with van der Waals surface area (Å²) in [4.78, 5) is 17.4. The van der Waals surface area contributed by atoms with Crippen LogP contribution in [0.3, 0.4) is 0 Å². The molecule has 0 saturated heterocycles. The van der Waals surface area contributed by atoms with E-state index in [2.05, 4.69) is 14.7 Å². The van der Waals surface area contributed by atoms with E-state index in [1.807, 2.05) is 0 Å². The number of esters is 1. The van der Waals surface area contributed by atoms with Gasteiger partial charge >= 0.3 is 18.3 Å². The van der Waals surface area contributed by atoms with Crippen LogP contribution in [0, 0.1) is 0 Å². The molecule has 1 aromatic heterocycles. The highest BCUT2D eigenvalue weighted by atomic mass is 35.5. The molecule has 27 heavy (non-hydrogen) atoms. The summed E-state index contributed by atoms with van der Waals surface area (Å²) in [6.07, 6.45) is -10.7. The second-order valence-corrected chi connectivity index (χ2v) is 5.28. The van der Waals surface area contributed by atoms with Crippen molar-refractivity contribution >= 4 is 17.6 Å². The maximum atomic E-state index is 13.3. The predicted molar refractivity (Wildman–Crippen MR) is 79.5 cm³/mol. The lowest BCUT2D eigenvalue weighted by Crippen LogP contribution is -2.23. The molecule has 0 atom stereocenters. The van der Waals surface area contributed by atoms with E-state index in [9.17, 15) is 31.1 Å². The molecule has 2 aromatic rings. The zero-order valence-electron chi connectivity index (χ0n) is 13.3. The Morgan fingerprint density at radius 3 is 2.11 bits per heavy atom. The highest BCUT2D eigenvalue weighted by Crippen LogP contribution is 2.39. The van der Waals surface area contributed by atoms with Crippen LogP contribution in [0.1, 0.15) is 28.8 Å². The molecule has 0 radical (unpaired) electrons. The van der Waals surface area contributed by atoms with Crippen LogP contribution in [0.4, 0.5) is 26.3 Å². The van der Waals surface area contributed by atoms with Crippen molar-refractivity contribution in [3.63, 3.8) is 0 Å². The number of hydrogen-bond acceptors (Lipinski definition) is 5. The molecule has 0 bridgehead atoms. The monoisotopic (exact) mass is 414 g/mol. The summed E-state index contributed by atoms with van der Waals surface area (Å²) in [5.74, 6) is -5.15. The quantitative estimate of drug-likeness (QED) is 0.512. The fraction of sp³-hybridized carbons (Fsp3) is 0.267. The molecule has 0 saturated carbocycles. The number of rotatable bonds is 4. The molecule has 0 N–H and O–H groups in total. The van der Waals surface area contributed by atoms with E-state index in [0.29, 0.717) is 0 Å². The molecule has 0 fully saturated rings. The zero-order valence-corrected chi connectivity index (χ0v) is 14.0. The minimum Gasteiger partial charge on any atom is -0.462 e. The number of carbonyl (C=O) groups is 1. The van der Waals surface area contributed by atoms with Gasteiger partial charge < -0.3 is 9.47 Å². The van der Waals surface area contributed by atoms with Crippen LogP contribution in [0.15, 0.2) is 24.3 Å². The molecule has 0 aliphatic rings. The van der Waals surface area contributed by atoms with Crippen molar-refractivity contribution in [2.45, 2.75) is 19.3 Å². The molecule has 1 heterocycles. The number of hydrogen-bond donors (Lipinski definition) is 0. The third-order valence-corrected chi connectivity index (χ3v) is 3.16. The minimum atomic E-state index is -5.40. The Kier molecular flexibility index (Phi) is 5.83. The minimum absolute atomic E-state index is 0.204. The highest BCUT2D eigenvalue weighted by molar-refractivity contribution is 6.30. The molecule has 146 valence electrons. The van der Waals surface area contributed by atoms with Gasteiger partial charge in [-0.15, -0.1) is 0 Å². The Hall–Kier alpha value is -2.56. The summed E-state index contributed by atoms with van der Waals surface area (Å²) in [7, 11) is 0. The summed E-state index contributed by atoms with van der Waals surface area (Å²) in [5, 5.41) is 0.239. The van der Waals surface area contributed by atoms with E-state index in [1.54, 1.807) is 0 Å². The van der Waals surface area contributed by atoms with Gasteiger partial charge in [-0.3, -0.25) is 0 Å². The second kappa shape index (κ2) is 7.59. The molecular formula is C15H9ClF6N2O3. The van der Waals surface area contributed by atoms with Crippen LogP contribution < -0.4 is 4.74 Å². The summed E-state index contributed by atoms with van der Waals surface area (Å²) >= 11 is 5.65. The van der Waals surface area contributed by atoms with Gasteiger partial charge in [-0.1, -0.05) is 11.6 Å². The van der Waals surface area contributed by atoms with Crippen molar-refractivity contribution < 1.29 is 40.6 Å². The van der Waals surface area contributed by atoms with E-state index in [4.69, 9.17) is 16.3 Å². The first-order valence-corrected chi connectivity index (χ1v) is 7.48. The third-order valence-electron chi connectivity index (χ3n) is 2.91. The fourth-order valence-corrected chi connectivity index (χ4v) is 1.97. The number of carbonyl (C=O) groups excluding carboxylic acids is 1. The average molecular weight is 415 g/mol. The first-order chi connectivity index (χ1) is 12.4. The number of nitrogens with zero attached hydrogens (tertiary/aromatic N) is 2. The smallest absolute Gasteiger partial charge is 0.451 e. The van der Waals surface area contributed by atoms with E-state index in [1.165, 1.54) is 31.2 Å². The van der Waals surface area contributed by atoms with Crippen molar-refractivity contribution in [3.05, 3.63) is 46.4 Å². The van der Waals surface area contributed by atoms with Gasteiger partial charge in [0.2, 0.25) is 11.7 Å². The van der Waals surface area contributed by atoms with Gasteiger partial charge in [0.05, 0.1) is 6.61 Å². The van der Waals surface area contributed by atoms with Crippen LogP contribution in [-0.4, -0.2) is 22.5 Å². The molecule has 0 amide bonds. The number of halogens is 7. The summed E-state index contributed by atoms with van der Waals surface area (Å²) in [5.41, 5.74) is -3.49. The van der Waals surface area contributed by atoms with E-state index in [0.717, 1.165) is 0 Å². The number of aromatic nitrogens is 2. The first-order valence-electron chi connectivity index (χ1n) is 7.10. The Morgan fingerprint density at radius 2 is 1.63 bits per heavy atom. The third kappa shape index (κ3) is 5.00. The molecule has 0 aliphatic carbocycles. The van der Waals surface area contributed by atoms with Crippen molar-refractivity contribution in [2.75, 3.05) is 6.61 Å². The Balaban J connectivity index is 2.72. The molecular weight excluding hydrogens is 406 g/mol. The first kappa shape index (κ1) is 20.7. The lowest BCUT2D eigenvalue weighted by Gasteiger charge is -2.17. The fourth-order valence-electron chi connectivity index (χ4n) is 1.85. The molecule has 1 aromatic carbocycles. The van der Waals surface area contributed by atoms with Gasteiger partial charge in [0.15, 0.2) is 11.3 Å². The molecule has 0 aliphatic heterocycles. The summed E-state index contributed by atoms with van der Waals surface area (Å²) in [6.45, 7) is 0.966. The van der Waals surface area contributed by atoms with Gasteiger partial charge in [-0.25, -0.2) is 9.78 Å². The molecule has 5 nitrogen and oxygen atoms in total. The van der Waals surface area contributed by atoms with Crippen LogP contribution in [0.25, 0.3) is 0 Å². The zero-order chi connectivity index (χ0) is 20.4. The van der Waals surface area contributed by atoms with Crippen molar-refractivity contribution in [1.29, 1.82) is 0 Å². The van der Waals surface area contributed by atoms with Crippen LogP contribution in [0.5, 0.6) is 11.6 Å². The maximum absolute atomic E-state index is 13.3. The van der Waals surface area contributed by atoms with Gasteiger partial charge in [-0.2, -0.15) is 31.3 Å². The van der Waals surface area contributed by atoms with Gasteiger partial charge in [0, 0.05) is 5.02 Å². The van der Waals surface area contributed by atoms with Crippen molar-refractivity contribution in [1.82, 2.24) is 9.97 Å². The van der Waals surface area contributed by atoms with Gasteiger partial charge in [0.25, 0.3) is 0 Å². The van der Waals surface area contributed by atoms with Crippen LogP contribution in [0.2, 0.25) is 5.02 Å². The largest absolute Gasteiger partial charge is 0.462 e. The topological polar surface area (TPSA) is 61.3 Å². The number of ether oxygens (including phenoxy) is 2. The van der Waals surface area contributed by atoms with Crippen LogP contribution >= 0.6 is 11.6 Å². The SMILES string of the molecule is CCOC(=O)c1c(Oc2ccc(Cl)cc2)nc(C(F)(F)F)nc1C(F)(F)F. The molecule has 2 rings (SSSR count). The average Bonchev–Trinajstić information content (AvgIpc) is 2.54. The number of benzene rings is 1. The van der Waals surface area contributed by atoms with Crippen molar-refractivity contribution in [3.8, 4) is 11.6 Å². The Morgan fingerprint density at radius 1 is 1.04 bits per heavy atom. The van der Waals surface area contributed by atoms with E-state index >= 15 is 0 Å². The molecule has 12 heteroatoms. The van der Waals surface area contributed by atoms with Gasteiger partial charge in [0.1, 0.15) is 5.75 Å². The lowest BCUT2D eigenvalue weighted by atomic mass is 10.2. The van der Waals surface area contributed by atoms with Gasteiger partial charge in [-0.05, 0) is 31.2 Å². The second-order valence-electron chi connectivity index (χ2n) is 4.85. The van der Waals surface area contributed by atoms with E-state index in [-0.39, 0.29) is 17.4 Å². The maximum Gasteiger partial charge on any atom is 0.451 e. The Labute approximate surface area is 152 Å². The van der Waals surface area contributed by atoms with Crippen molar-refractivity contribution in [2.24, 2.45) is 0 Å².